The van der Waals surface area contributed by atoms with E-state index < -0.39 is 17.2 Å². The van der Waals surface area contributed by atoms with Crippen LogP contribution >= 0.6 is 39.1 Å². The third-order valence-corrected chi connectivity index (χ3v) is 3.74. The molecule has 1 aromatic carbocycles. The third-order valence-electron chi connectivity index (χ3n) is 2.69. The number of halogens is 4. The summed E-state index contributed by atoms with van der Waals surface area (Å²) in [7, 11) is 0. The predicted octanol–water partition coefficient (Wildman–Crippen LogP) is 5.31. The summed E-state index contributed by atoms with van der Waals surface area (Å²) >= 11 is 15.4. The van der Waals surface area contributed by atoms with Gasteiger partial charge in [-0.15, -0.1) is 0 Å². The van der Waals surface area contributed by atoms with Crippen molar-refractivity contribution >= 4 is 45.1 Å². The van der Waals surface area contributed by atoms with E-state index in [2.05, 4.69) is 21.1 Å². The molecule has 0 radical (unpaired) electrons. The van der Waals surface area contributed by atoms with Gasteiger partial charge < -0.3 is 9.63 Å². The first kappa shape index (κ1) is 16.3. The summed E-state index contributed by atoms with van der Waals surface area (Å²) < 4.78 is 19.6. The van der Waals surface area contributed by atoms with Crippen LogP contribution in [0.3, 0.4) is 0 Å². The van der Waals surface area contributed by atoms with E-state index in [-0.39, 0.29) is 27.1 Å². The number of alkyl halides is 1. The van der Waals surface area contributed by atoms with Gasteiger partial charge in [-0.05, 0) is 26.0 Å². The number of nitrogens with zero attached hydrogens (tertiary/aromatic N) is 1. The number of carboxylic acids is 1. The largest absolute Gasteiger partial charge is 0.477 e. The first-order valence-corrected chi connectivity index (χ1v) is 7.25. The minimum Gasteiger partial charge on any atom is -0.477 e. The molecule has 0 aliphatic heterocycles. The minimum atomic E-state index is -2.01. The number of hydrogen-bond acceptors (Lipinski definition) is 3. The van der Waals surface area contributed by atoms with Crippen molar-refractivity contribution in [1.29, 1.82) is 0 Å². The molecule has 21 heavy (non-hydrogen) atoms. The Hall–Kier alpha value is -1.11. The third kappa shape index (κ3) is 3.07. The van der Waals surface area contributed by atoms with Gasteiger partial charge in [0.1, 0.15) is 11.3 Å². The highest BCUT2D eigenvalue weighted by Crippen LogP contribution is 2.41. The molecule has 0 fully saturated rings. The van der Waals surface area contributed by atoms with Gasteiger partial charge in [0, 0.05) is 10.0 Å². The lowest BCUT2D eigenvalue weighted by Gasteiger charge is -2.11. The van der Waals surface area contributed by atoms with Crippen LogP contribution in [0.1, 0.15) is 30.0 Å². The average molecular weight is 397 g/mol. The molecule has 1 N–H and O–H groups in total. The molecular weight excluding hydrogens is 388 g/mol. The van der Waals surface area contributed by atoms with Crippen LogP contribution in [0.5, 0.6) is 0 Å². The van der Waals surface area contributed by atoms with Crippen LogP contribution in [-0.2, 0) is 5.67 Å². The maximum absolute atomic E-state index is 14.1. The van der Waals surface area contributed by atoms with E-state index in [0.717, 1.165) is 0 Å². The topological polar surface area (TPSA) is 63.3 Å². The van der Waals surface area contributed by atoms with Gasteiger partial charge in [-0.1, -0.05) is 44.3 Å². The standard InChI is InChI=1S/C13H9BrCl2FNO3/c1-13(2,17)11-9(12(19)20)10(18-21-11)8-6(15)3-5(14)4-7(8)16/h3-4H,1-2H3,(H,19,20). The first-order valence-electron chi connectivity index (χ1n) is 5.70. The van der Waals surface area contributed by atoms with E-state index in [0.29, 0.717) is 4.47 Å². The molecule has 8 heteroatoms. The quantitative estimate of drug-likeness (QED) is 0.763. The SMILES string of the molecule is CC(C)(F)c1onc(-c2c(Cl)cc(Br)cc2Cl)c1C(=O)O. The highest BCUT2D eigenvalue weighted by molar-refractivity contribution is 9.10. The van der Waals surface area contributed by atoms with Gasteiger partial charge in [-0.2, -0.15) is 0 Å². The Morgan fingerprint density at radius 2 is 1.90 bits per heavy atom. The second-order valence-corrected chi connectivity index (χ2v) is 6.49. The summed E-state index contributed by atoms with van der Waals surface area (Å²) in [6, 6.07) is 3.06. The smallest absolute Gasteiger partial charge is 0.341 e. The van der Waals surface area contributed by atoms with Crippen LogP contribution in [0.15, 0.2) is 21.1 Å². The van der Waals surface area contributed by atoms with Gasteiger partial charge in [0.25, 0.3) is 0 Å². The van der Waals surface area contributed by atoms with Gasteiger partial charge >= 0.3 is 5.97 Å². The summed E-state index contributed by atoms with van der Waals surface area (Å²) in [6.45, 7) is 2.35. The van der Waals surface area contributed by atoms with Crippen molar-refractivity contribution in [3.05, 3.63) is 38.0 Å². The van der Waals surface area contributed by atoms with Crippen molar-refractivity contribution in [1.82, 2.24) is 5.16 Å². The minimum absolute atomic E-state index is 0.106. The summed E-state index contributed by atoms with van der Waals surface area (Å²) in [5, 5.41) is 13.3. The molecule has 4 nitrogen and oxygen atoms in total. The Bertz CT molecular complexity index is 702. The molecule has 0 aliphatic rings. The van der Waals surface area contributed by atoms with E-state index in [1.165, 1.54) is 26.0 Å². The molecule has 1 aromatic heterocycles. The predicted molar refractivity (Wildman–Crippen MR) is 80.8 cm³/mol. The number of aromatic nitrogens is 1. The molecule has 0 spiro atoms. The Kier molecular flexibility index (Phi) is 4.33. The molecule has 0 aliphatic carbocycles. The lowest BCUT2D eigenvalue weighted by molar-refractivity contribution is 0.0683. The summed E-state index contributed by atoms with van der Waals surface area (Å²) in [5.41, 5.74) is -2.33. The number of rotatable bonds is 3. The maximum atomic E-state index is 14.1. The van der Waals surface area contributed by atoms with E-state index in [1.807, 2.05) is 0 Å². The van der Waals surface area contributed by atoms with E-state index in [9.17, 15) is 14.3 Å². The number of carboxylic acid groups (broad SMARTS) is 1. The summed E-state index contributed by atoms with van der Waals surface area (Å²) in [4.78, 5) is 11.5. The number of carbonyl (C=O) groups is 1. The van der Waals surface area contributed by atoms with Crippen LogP contribution in [-0.4, -0.2) is 16.2 Å². The van der Waals surface area contributed by atoms with Crippen LogP contribution in [0, 0.1) is 0 Å². The molecule has 0 saturated carbocycles. The zero-order valence-electron chi connectivity index (χ0n) is 10.9. The number of aromatic carboxylic acids is 1. The molecule has 1 heterocycles. The Morgan fingerprint density at radius 1 is 1.38 bits per heavy atom. The molecular formula is C13H9BrCl2FNO3. The fourth-order valence-corrected chi connectivity index (χ4v) is 3.22. The van der Waals surface area contributed by atoms with Crippen LogP contribution < -0.4 is 0 Å². The van der Waals surface area contributed by atoms with Gasteiger partial charge in [0.15, 0.2) is 11.4 Å². The molecule has 0 atom stereocenters. The second kappa shape index (κ2) is 5.59. The van der Waals surface area contributed by atoms with Crippen molar-refractivity contribution in [2.24, 2.45) is 0 Å². The zero-order chi connectivity index (χ0) is 15.9. The normalized spacial score (nSPS) is 11.7. The van der Waals surface area contributed by atoms with Crippen LogP contribution in [0.4, 0.5) is 4.39 Å². The van der Waals surface area contributed by atoms with Crippen molar-refractivity contribution in [3.8, 4) is 11.3 Å². The molecule has 0 amide bonds. The number of hydrogen-bond donors (Lipinski definition) is 1. The number of benzene rings is 1. The molecule has 2 rings (SSSR count). The highest BCUT2D eigenvalue weighted by atomic mass is 79.9. The van der Waals surface area contributed by atoms with Crippen molar-refractivity contribution < 1.29 is 18.8 Å². The highest BCUT2D eigenvalue weighted by Gasteiger charge is 2.35. The lowest BCUT2D eigenvalue weighted by atomic mass is 9.99. The molecule has 0 unspecified atom stereocenters. The second-order valence-electron chi connectivity index (χ2n) is 4.76. The Morgan fingerprint density at radius 3 is 2.33 bits per heavy atom. The Labute approximate surface area is 138 Å². The fourth-order valence-electron chi connectivity index (χ4n) is 1.83. The van der Waals surface area contributed by atoms with Crippen LogP contribution in [0.2, 0.25) is 10.0 Å². The van der Waals surface area contributed by atoms with Gasteiger partial charge in [0.05, 0.1) is 10.0 Å². The van der Waals surface area contributed by atoms with E-state index in [4.69, 9.17) is 27.7 Å². The van der Waals surface area contributed by atoms with Gasteiger partial charge in [-0.3, -0.25) is 0 Å². The van der Waals surface area contributed by atoms with Crippen molar-refractivity contribution in [2.45, 2.75) is 19.5 Å². The summed E-state index contributed by atoms with van der Waals surface area (Å²) in [5.74, 6) is -1.76. The maximum Gasteiger partial charge on any atom is 0.341 e. The monoisotopic (exact) mass is 395 g/mol. The molecule has 112 valence electrons. The molecule has 0 bridgehead atoms. The van der Waals surface area contributed by atoms with E-state index >= 15 is 0 Å². The van der Waals surface area contributed by atoms with Crippen molar-refractivity contribution in [2.75, 3.05) is 0 Å². The van der Waals surface area contributed by atoms with E-state index in [1.54, 1.807) is 0 Å². The Balaban J connectivity index is 2.78. The summed E-state index contributed by atoms with van der Waals surface area (Å²) in [6.07, 6.45) is 0. The van der Waals surface area contributed by atoms with Gasteiger partial charge in [-0.25, -0.2) is 9.18 Å². The zero-order valence-corrected chi connectivity index (χ0v) is 14.0. The molecule has 2 aromatic rings. The van der Waals surface area contributed by atoms with Crippen LogP contribution in [0.25, 0.3) is 11.3 Å². The van der Waals surface area contributed by atoms with Gasteiger partial charge in [0.2, 0.25) is 0 Å². The molecule has 0 saturated heterocycles. The lowest BCUT2D eigenvalue weighted by Crippen LogP contribution is -2.13. The fraction of sp³-hybridized carbons (Fsp3) is 0.231. The average Bonchev–Trinajstić information content (AvgIpc) is 2.71. The first-order chi connectivity index (χ1) is 9.62. The van der Waals surface area contributed by atoms with Crippen molar-refractivity contribution in [3.63, 3.8) is 0 Å².